The van der Waals surface area contributed by atoms with E-state index in [0.717, 1.165) is 42.7 Å². The first kappa shape index (κ1) is 24.8. The first-order valence-corrected chi connectivity index (χ1v) is 15.5. The predicted octanol–water partition coefficient (Wildman–Crippen LogP) is 6.12. The zero-order valence-corrected chi connectivity index (χ0v) is 23.1. The molecule has 0 amide bonds. The summed E-state index contributed by atoms with van der Waals surface area (Å²) in [6, 6.07) is 17.8. The quantitative estimate of drug-likeness (QED) is 0.334. The number of likely N-dealkylation sites (tertiary alicyclic amines) is 1. The molecule has 6 rings (SSSR count). The summed E-state index contributed by atoms with van der Waals surface area (Å²) < 4.78 is 30.0. The molecule has 2 fully saturated rings. The molecule has 1 N–H and O–H groups in total. The van der Waals surface area contributed by atoms with E-state index in [2.05, 4.69) is 53.8 Å². The van der Waals surface area contributed by atoms with Crippen LogP contribution in [0.2, 0.25) is 0 Å². The fourth-order valence-electron chi connectivity index (χ4n) is 6.19. The molecule has 0 saturated carbocycles. The average Bonchev–Trinajstić information content (AvgIpc) is 3.33. The molecule has 0 bridgehead atoms. The Labute approximate surface area is 223 Å². The van der Waals surface area contributed by atoms with Crippen LogP contribution in [0, 0.1) is 5.41 Å². The van der Waals surface area contributed by atoms with Gasteiger partial charge in [-0.3, -0.25) is 0 Å². The standard InChI is InChI=1S/C29H34N4O2S2/c1-21(25-19-36-27-7-4-3-6-24(25)27)30-28-11-8-22-18-23(9-10-26(22)31-28)37(34,35)33-16-13-29(14-17-33)12-5-15-32(2)20-29/h3-4,6-11,18-19,21H,5,12-17,20H2,1-2H3,(H,30,31)/t21-/m0/s1. The van der Waals surface area contributed by atoms with E-state index in [1.807, 2.05) is 18.2 Å². The number of fused-ring (bicyclic) bond motifs is 2. The highest BCUT2D eigenvalue weighted by Crippen LogP contribution is 2.40. The first-order chi connectivity index (χ1) is 17.8. The van der Waals surface area contributed by atoms with Gasteiger partial charge in [-0.05, 0) is 104 Å². The number of nitrogens with one attached hydrogen (secondary N) is 1. The molecule has 4 aromatic rings. The maximum Gasteiger partial charge on any atom is 0.243 e. The number of rotatable bonds is 5. The fourth-order valence-corrected chi connectivity index (χ4v) is 8.72. The topological polar surface area (TPSA) is 65.5 Å². The van der Waals surface area contributed by atoms with Crippen LogP contribution in [0.25, 0.3) is 21.0 Å². The van der Waals surface area contributed by atoms with Crippen LogP contribution in [-0.4, -0.2) is 55.8 Å². The van der Waals surface area contributed by atoms with Gasteiger partial charge >= 0.3 is 0 Å². The van der Waals surface area contributed by atoms with Gasteiger partial charge < -0.3 is 10.2 Å². The molecular formula is C29H34N4O2S2. The maximum absolute atomic E-state index is 13.5. The number of aromatic nitrogens is 1. The molecule has 2 aliphatic rings. The molecule has 0 unspecified atom stereocenters. The normalized spacial score (nSPS) is 19.9. The summed E-state index contributed by atoms with van der Waals surface area (Å²) in [6.07, 6.45) is 4.31. The van der Waals surface area contributed by atoms with Gasteiger partial charge in [-0.2, -0.15) is 4.31 Å². The molecule has 2 aromatic carbocycles. The molecule has 2 saturated heterocycles. The second kappa shape index (κ2) is 9.66. The highest BCUT2D eigenvalue weighted by molar-refractivity contribution is 7.89. The molecule has 6 nitrogen and oxygen atoms in total. The Bertz CT molecular complexity index is 1540. The van der Waals surface area contributed by atoms with Crippen molar-refractivity contribution in [2.75, 3.05) is 38.5 Å². The number of hydrogen-bond donors (Lipinski definition) is 1. The summed E-state index contributed by atoms with van der Waals surface area (Å²) in [5.74, 6) is 0.782. The van der Waals surface area contributed by atoms with Gasteiger partial charge in [-0.15, -0.1) is 11.3 Å². The number of pyridine rings is 1. The lowest BCUT2D eigenvalue weighted by Gasteiger charge is -2.46. The van der Waals surface area contributed by atoms with Gasteiger partial charge in [0.2, 0.25) is 10.0 Å². The third-order valence-electron chi connectivity index (χ3n) is 8.28. The van der Waals surface area contributed by atoms with Gasteiger partial charge in [0, 0.05) is 29.7 Å². The SMILES string of the molecule is C[C@H](Nc1ccc2cc(S(=O)(=O)N3CCC4(CCCN(C)C4)CC3)ccc2n1)c1csc2ccccc12. The van der Waals surface area contributed by atoms with E-state index in [0.29, 0.717) is 18.0 Å². The Morgan fingerprint density at radius 3 is 2.65 bits per heavy atom. The second-order valence-corrected chi connectivity index (χ2v) is 13.7. The van der Waals surface area contributed by atoms with Crippen molar-refractivity contribution in [1.82, 2.24) is 14.2 Å². The largest absolute Gasteiger partial charge is 0.363 e. The van der Waals surface area contributed by atoms with E-state index in [1.165, 1.54) is 28.5 Å². The van der Waals surface area contributed by atoms with Crippen LogP contribution in [-0.2, 0) is 10.0 Å². The van der Waals surface area contributed by atoms with Gasteiger partial charge in [-0.1, -0.05) is 18.2 Å². The molecule has 1 atom stereocenters. The van der Waals surface area contributed by atoms with Crippen molar-refractivity contribution in [3.05, 3.63) is 65.5 Å². The van der Waals surface area contributed by atoms with Crippen LogP contribution in [0.4, 0.5) is 5.82 Å². The molecule has 8 heteroatoms. The highest BCUT2D eigenvalue weighted by atomic mass is 32.2. The number of piperidine rings is 2. The summed E-state index contributed by atoms with van der Waals surface area (Å²) in [6.45, 7) is 5.58. The highest BCUT2D eigenvalue weighted by Gasteiger charge is 2.40. The van der Waals surface area contributed by atoms with Crippen LogP contribution < -0.4 is 5.32 Å². The van der Waals surface area contributed by atoms with Gasteiger partial charge in [0.25, 0.3) is 0 Å². The van der Waals surface area contributed by atoms with E-state index < -0.39 is 10.0 Å². The van der Waals surface area contributed by atoms with Gasteiger partial charge in [-0.25, -0.2) is 13.4 Å². The zero-order chi connectivity index (χ0) is 25.6. The van der Waals surface area contributed by atoms with E-state index in [1.54, 1.807) is 27.8 Å². The maximum atomic E-state index is 13.5. The van der Waals surface area contributed by atoms with Gasteiger partial charge in [0.05, 0.1) is 16.5 Å². The molecule has 2 aliphatic heterocycles. The smallest absolute Gasteiger partial charge is 0.243 e. The fraction of sp³-hybridized carbons (Fsp3) is 0.414. The monoisotopic (exact) mass is 534 g/mol. The minimum Gasteiger partial charge on any atom is -0.363 e. The average molecular weight is 535 g/mol. The van der Waals surface area contributed by atoms with Gasteiger partial charge in [0.1, 0.15) is 5.82 Å². The van der Waals surface area contributed by atoms with E-state index in [4.69, 9.17) is 4.98 Å². The van der Waals surface area contributed by atoms with Crippen molar-refractivity contribution in [1.29, 1.82) is 0 Å². The first-order valence-electron chi connectivity index (χ1n) is 13.2. The van der Waals surface area contributed by atoms with Gasteiger partial charge in [0.15, 0.2) is 0 Å². The van der Waals surface area contributed by atoms with Crippen molar-refractivity contribution in [2.45, 2.75) is 43.5 Å². The summed E-state index contributed by atoms with van der Waals surface area (Å²) in [5, 5.41) is 7.83. The van der Waals surface area contributed by atoms with E-state index in [9.17, 15) is 8.42 Å². The Balaban J connectivity index is 1.18. The minimum absolute atomic E-state index is 0.104. The molecule has 2 aromatic heterocycles. The van der Waals surface area contributed by atoms with Crippen LogP contribution in [0.5, 0.6) is 0 Å². The molecular weight excluding hydrogens is 500 g/mol. The molecule has 0 radical (unpaired) electrons. The van der Waals surface area contributed by atoms with Crippen molar-refractivity contribution in [3.63, 3.8) is 0 Å². The number of benzene rings is 2. The predicted molar refractivity (Wildman–Crippen MR) is 153 cm³/mol. The Morgan fingerprint density at radius 1 is 1.03 bits per heavy atom. The summed E-state index contributed by atoms with van der Waals surface area (Å²) in [4.78, 5) is 7.54. The van der Waals surface area contributed by atoms with E-state index >= 15 is 0 Å². The Morgan fingerprint density at radius 2 is 1.84 bits per heavy atom. The number of hydrogen-bond acceptors (Lipinski definition) is 6. The lowest BCUT2D eigenvalue weighted by molar-refractivity contribution is 0.0565. The van der Waals surface area contributed by atoms with Crippen LogP contribution in [0.3, 0.4) is 0 Å². The van der Waals surface area contributed by atoms with E-state index in [-0.39, 0.29) is 11.5 Å². The molecule has 0 aliphatic carbocycles. The van der Waals surface area contributed by atoms with Crippen LogP contribution >= 0.6 is 11.3 Å². The second-order valence-electron chi connectivity index (χ2n) is 10.8. The van der Waals surface area contributed by atoms with Crippen molar-refractivity contribution < 1.29 is 8.42 Å². The van der Waals surface area contributed by atoms with Crippen molar-refractivity contribution in [2.24, 2.45) is 5.41 Å². The lowest BCUT2D eigenvalue weighted by Crippen LogP contribution is -2.49. The Kier molecular flexibility index (Phi) is 6.47. The number of sulfonamides is 1. The van der Waals surface area contributed by atoms with Crippen LogP contribution in [0.15, 0.2) is 64.9 Å². The Hall–Kier alpha value is -2.52. The number of anilines is 1. The van der Waals surface area contributed by atoms with Crippen molar-refractivity contribution >= 4 is 48.2 Å². The molecule has 1 spiro atoms. The third-order valence-corrected chi connectivity index (χ3v) is 11.2. The molecule has 194 valence electrons. The number of thiophene rings is 1. The number of nitrogens with zero attached hydrogens (tertiary/aromatic N) is 3. The third kappa shape index (κ3) is 4.76. The summed E-state index contributed by atoms with van der Waals surface area (Å²) in [7, 11) is -1.35. The lowest BCUT2D eigenvalue weighted by atomic mass is 9.73. The summed E-state index contributed by atoms with van der Waals surface area (Å²) >= 11 is 1.75. The minimum atomic E-state index is -3.52. The summed E-state index contributed by atoms with van der Waals surface area (Å²) in [5.41, 5.74) is 2.32. The van der Waals surface area contributed by atoms with Crippen LogP contribution in [0.1, 0.15) is 44.2 Å². The van der Waals surface area contributed by atoms with Crippen molar-refractivity contribution in [3.8, 4) is 0 Å². The molecule has 4 heterocycles. The zero-order valence-electron chi connectivity index (χ0n) is 21.5. The molecule has 37 heavy (non-hydrogen) atoms.